The van der Waals surface area contributed by atoms with Crippen LogP contribution in [0.15, 0.2) is 48.5 Å². The lowest BCUT2D eigenvalue weighted by Gasteiger charge is -2.38. The Morgan fingerprint density at radius 2 is 1.65 bits per heavy atom. The van der Waals surface area contributed by atoms with E-state index < -0.39 is 17.5 Å². The van der Waals surface area contributed by atoms with Crippen LogP contribution in [0.2, 0.25) is 0 Å². The summed E-state index contributed by atoms with van der Waals surface area (Å²) in [7, 11) is 1.99. The lowest BCUT2D eigenvalue weighted by Crippen LogP contribution is -2.47. The summed E-state index contributed by atoms with van der Waals surface area (Å²) in [5, 5.41) is 0. The van der Waals surface area contributed by atoms with E-state index in [4.69, 9.17) is 9.97 Å². The Hall–Kier alpha value is -3.75. The Bertz CT molecular complexity index is 1280. The van der Waals surface area contributed by atoms with Gasteiger partial charge in [0.05, 0.1) is 17.8 Å². The summed E-state index contributed by atoms with van der Waals surface area (Å²) in [6.45, 7) is 8.25. The van der Waals surface area contributed by atoms with Crippen LogP contribution in [0.4, 0.5) is 26.2 Å². The molecule has 1 amide bonds. The number of aromatic nitrogens is 2. The molecule has 0 unspecified atom stereocenters. The standard InChI is InChI=1S/C28H32F2N6O/c1-19(2)33(3)26-23-18-36(27(37)22-10-9-20(29)17-24(22)30)12-11-25(23)31-28(32-26)35-15-13-34(14-16-35)21-7-5-4-6-8-21/h4-10,17,19H,11-16,18H2,1-3H3. The van der Waals surface area contributed by atoms with E-state index in [1.54, 1.807) is 4.90 Å². The first-order valence-electron chi connectivity index (χ1n) is 12.7. The summed E-state index contributed by atoms with van der Waals surface area (Å²) in [6.07, 6.45) is 0.544. The van der Waals surface area contributed by atoms with Crippen LogP contribution in [0.25, 0.3) is 0 Å². The topological polar surface area (TPSA) is 55.8 Å². The van der Waals surface area contributed by atoms with Crippen molar-refractivity contribution in [2.45, 2.75) is 32.9 Å². The van der Waals surface area contributed by atoms with Crippen LogP contribution in [0, 0.1) is 11.6 Å². The smallest absolute Gasteiger partial charge is 0.257 e. The van der Waals surface area contributed by atoms with Crippen LogP contribution in [-0.4, -0.2) is 66.6 Å². The molecule has 194 valence electrons. The number of carbonyl (C=O) groups excluding carboxylic acids is 1. The Balaban J connectivity index is 1.40. The fourth-order valence-electron chi connectivity index (χ4n) is 4.87. The molecule has 0 radical (unpaired) electrons. The first kappa shape index (κ1) is 24.9. The number of rotatable bonds is 5. The van der Waals surface area contributed by atoms with Crippen LogP contribution < -0.4 is 14.7 Å². The zero-order valence-electron chi connectivity index (χ0n) is 21.5. The lowest BCUT2D eigenvalue weighted by atomic mass is 10.0. The van der Waals surface area contributed by atoms with Gasteiger partial charge in [-0.05, 0) is 38.1 Å². The third kappa shape index (κ3) is 5.08. The molecule has 1 aromatic heterocycles. The number of hydrogen-bond acceptors (Lipinski definition) is 6. The van der Waals surface area contributed by atoms with Gasteiger partial charge in [-0.2, -0.15) is 4.98 Å². The van der Waals surface area contributed by atoms with Gasteiger partial charge in [-0.25, -0.2) is 13.8 Å². The highest BCUT2D eigenvalue weighted by Crippen LogP contribution is 2.31. The van der Waals surface area contributed by atoms with Crippen LogP contribution in [0.5, 0.6) is 0 Å². The largest absolute Gasteiger partial charge is 0.368 e. The van der Waals surface area contributed by atoms with Gasteiger partial charge in [0.25, 0.3) is 5.91 Å². The summed E-state index contributed by atoms with van der Waals surface area (Å²) >= 11 is 0. The second-order valence-electron chi connectivity index (χ2n) is 9.89. The van der Waals surface area contributed by atoms with Crippen molar-refractivity contribution in [2.75, 3.05) is 54.5 Å². The Labute approximate surface area is 216 Å². The van der Waals surface area contributed by atoms with E-state index in [1.807, 2.05) is 13.1 Å². The molecule has 2 aliphatic rings. The maximum atomic E-state index is 14.3. The molecule has 3 heterocycles. The summed E-state index contributed by atoms with van der Waals surface area (Å²) in [5.74, 6) is -0.515. The van der Waals surface area contributed by atoms with Crippen molar-refractivity contribution in [3.8, 4) is 0 Å². The lowest BCUT2D eigenvalue weighted by molar-refractivity contribution is 0.0728. The molecule has 1 saturated heterocycles. The molecule has 0 N–H and O–H groups in total. The molecule has 0 saturated carbocycles. The Morgan fingerprint density at radius 3 is 2.32 bits per heavy atom. The van der Waals surface area contributed by atoms with Gasteiger partial charge in [0.1, 0.15) is 17.5 Å². The monoisotopic (exact) mass is 506 g/mol. The molecule has 1 fully saturated rings. The van der Waals surface area contributed by atoms with E-state index in [9.17, 15) is 13.6 Å². The quantitative estimate of drug-likeness (QED) is 0.519. The zero-order valence-corrected chi connectivity index (χ0v) is 21.5. The van der Waals surface area contributed by atoms with Gasteiger partial charge in [-0.3, -0.25) is 4.79 Å². The molecule has 0 aliphatic carbocycles. The molecule has 5 rings (SSSR count). The fraction of sp³-hybridized carbons (Fsp3) is 0.393. The minimum Gasteiger partial charge on any atom is -0.368 e. The van der Waals surface area contributed by atoms with Crippen molar-refractivity contribution in [1.82, 2.24) is 14.9 Å². The Morgan fingerprint density at radius 1 is 0.946 bits per heavy atom. The van der Waals surface area contributed by atoms with E-state index >= 15 is 0 Å². The van der Waals surface area contributed by atoms with Crippen molar-refractivity contribution in [1.29, 1.82) is 0 Å². The SMILES string of the molecule is CC(C)N(C)c1nc(N2CCN(c3ccccc3)CC2)nc2c1CN(C(=O)c1ccc(F)cc1F)CC2. The first-order valence-corrected chi connectivity index (χ1v) is 12.7. The highest BCUT2D eigenvalue weighted by Gasteiger charge is 2.30. The van der Waals surface area contributed by atoms with E-state index in [0.717, 1.165) is 55.4 Å². The van der Waals surface area contributed by atoms with Gasteiger partial charge < -0.3 is 19.6 Å². The van der Waals surface area contributed by atoms with Gasteiger partial charge in [-0.15, -0.1) is 0 Å². The molecular weight excluding hydrogens is 474 g/mol. The van der Waals surface area contributed by atoms with Gasteiger partial charge >= 0.3 is 0 Å². The minimum absolute atomic E-state index is 0.127. The molecule has 0 spiro atoms. The normalized spacial score (nSPS) is 15.7. The van der Waals surface area contributed by atoms with Gasteiger partial charge in [0.15, 0.2) is 0 Å². The predicted octanol–water partition coefficient (Wildman–Crippen LogP) is 4.12. The van der Waals surface area contributed by atoms with Crippen molar-refractivity contribution in [3.05, 3.63) is 77.0 Å². The number of nitrogens with zero attached hydrogens (tertiary/aromatic N) is 6. The second-order valence-corrected chi connectivity index (χ2v) is 9.89. The second kappa shape index (κ2) is 10.3. The number of benzene rings is 2. The number of anilines is 3. The molecule has 7 nitrogen and oxygen atoms in total. The number of fused-ring (bicyclic) bond motifs is 1. The van der Waals surface area contributed by atoms with Crippen molar-refractivity contribution in [2.24, 2.45) is 0 Å². The number of piperazine rings is 1. The maximum Gasteiger partial charge on any atom is 0.257 e. The first-order chi connectivity index (χ1) is 17.8. The van der Waals surface area contributed by atoms with E-state index in [2.05, 4.69) is 52.8 Å². The van der Waals surface area contributed by atoms with Crippen molar-refractivity contribution in [3.63, 3.8) is 0 Å². The van der Waals surface area contributed by atoms with E-state index in [0.29, 0.717) is 18.9 Å². The highest BCUT2D eigenvalue weighted by atomic mass is 19.1. The van der Waals surface area contributed by atoms with Gasteiger partial charge in [0, 0.05) is 69.6 Å². The third-order valence-electron chi connectivity index (χ3n) is 7.27. The van der Waals surface area contributed by atoms with Crippen LogP contribution >= 0.6 is 0 Å². The predicted molar refractivity (Wildman–Crippen MR) is 141 cm³/mol. The van der Waals surface area contributed by atoms with E-state index in [-0.39, 0.29) is 18.2 Å². The number of amides is 1. The third-order valence-corrected chi connectivity index (χ3v) is 7.27. The molecule has 37 heavy (non-hydrogen) atoms. The zero-order chi connectivity index (χ0) is 26.1. The van der Waals surface area contributed by atoms with Crippen LogP contribution in [0.1, 0.15) is 35.5 Å². The van der Waals surface area contributed by atoms with Crippen molar-refractivity contribution < 1.29 is 13.6 Å². The summed E-state index contributed by atoms with van der Waals surface area (Å²) in [6, 6.07) is 13.6. The molecule has 0 bridgehead atoms. The number of halogens is 2. The molecular formula is C28H32F2N6O. The Kier molecular flexibility index (Phi) is 6.95. The molecule has 9 heteroatoms. The van der Waals surface area contributed by atoms with Gasteiger partial charge in [-0.1, -0.05) is 18.2 Å². The molecule has 2 aliphatic heterocycles. The summed E-state index contributed by atoms with van der Waals surface area (Å²) < 4.78 is 27.7. The summed E-state index contributed by atoms with van der Waals surface area (Å²) in [4.78, 5) is 31.3. The average molecular weight is 507 g/mol. The minimum atomic E-state index is -0.850. The number of hydrogen-bond donors (Lipinski definition) is 0. The van der Waals surface area contributed by atoms with Gasteiger partial charge in [0.2, 0.25) is 5.95 Å². The number of carbonyl (C=O) groups is 1. The average Bonchev–Trinajstić information content (AvgIpc) is 2.92. The molecule has 3 aromatic rings. The maximum absolute atomic E-state index is 14.3. The highest BCUT2D eigenvalue weighted by molar-refractivity contribution is 5.94. The fourth-order valence-corrected chi connectivity index (χ4v) is 4.87. The molecule has 0 atom stereocenters. The van der Waals surface area contributed by atoms with Crippen LogP contribution in [0.3, 0.4) is 0 Å². The van der Waals surface area contributed by atoms with Crippen molar-refractivity contribution >= 4 is 23.4 Å². The van der Waals surface area contributed by atoms with E-state index in [1.165, 1.54) is 11.8 Å². The number of para-hydroxylation sites is 1. The summed E-state index contributed by atoms with van der Waals surface area (Å²) in [5.41, 5.74) is 2.89. The van der Waals surface area contributed by atoms with Crippen LogP contribution in [-0.2, 0) is 13.0 Å². The molecule has 2 aromatic carbocycles.